The smallest absolute Gasteiger partial charge is 0.341 e. The van der Waals surface area contributed by atoms with Gasteiger partial charge in [0.15, 0.2) is 6.61 Å². The molecule has 0 radical (unpaired) electrons. The van der Waals surface area contributed by atoms with Gasteiger partial charge in [-0.25, -0.2) is 15.1 Å². The van der Waals surface area contributed by atoms with Crippen LogP contribution in [0.5, 0.6) is 0 Å². The van der Waals surface area contributed by atoms with Crippen LogP contribution in [-0.4, -0.2) is 55.4 Å². The van der Waals surface area contributed by atoms with Crippen molar-refractivity contribution in [2.45, 2.75) is 6.42 Å². The van der Waals surface area contributed by atoms with Gasteiger partial charge in [0.25, 0.3) is 0 Å². The predicted octanol–water partition coefficient (Wildman–Crippen LogP) is -0.00930. The molecule has 0 unspecified atom stereocenters. The van der Waals surface area contributed by atoms with E-state index in [9.17, 15) is 9.59 Å². The maximum absolute atomic E-state index is 11.5. The van der Waals surface area contributed by atoms with E-state index >= 15 is 0 Å². The molecule has 0 fully saturated rings. The fraction of sp³-hybridized carbons (Fsp3) is 0.600. The molecule has 1 aliphatic heterocycles. The first-order chi connectivity index (χ1) is 8.13. The first kappa shape index (κ1) is 13.5. The van der Waals surface area contributed by atoms with Crippen molar-refractivity contribution in [3.8, 4) is 0 Å². The minimum Gasteiger partial charge on any atom is -0.479 e. The van der Waals surface area contributed by atoms with Crippen LogP contribution < -0.4 is 5.48 Å². The van der Waals surface area contributed by atoms with E-state index in [4.69, 9.17) is 9.84 Å². The molecule has 1 heterocycles. The third-order valence-corrected chi connectivity index (χ3v) is 2.28. The minimum atomic E-state index is -1.13. The van der Waals surface area contributed by atoms with Gasteiger partial charge in [0, 0.05) is 20.2 Å². The van der Waals surface area contributed by atoms with E-state index in [2.05, 4.69) is 10.3 Å². The van der Waals surface area contributed by atoms with Crippen LogP contribution in [0.3, 0.4) is 0 Å². The summed E-state index contributed by atoms with van der Waals surface area (Å²) in [6.45, 7) is 1.06. The van der Waals surface area contributed by atoms with Crippen LogP contribution in [0.25, 0.3) is 0 Å². The molecule has 0 bridgehead atoms. The lowest BCUT2D eigenvalue weighted by Crippen LogP contribution is -2.43. The van der Waals surface area contributed by atoms with E-state index in [0.717, 1.165) is 12.0 Å². The molecule has 96 valence electrons. The molecule has 7 nitrogen and oxygen atoms in total. The maximum atomic E-state index is 11.5. The Balaban J connectivity index is 2.28. The van der Waals surface area contributed by atoms with Crippen molar-refractivity contribution < 1.29 is 24.3 Å². The van der Waals surface area contributed by atoms with E-state index < -0.39 is 18.6 Å². The molecular formula is C10H16N2O5. The molecule has 0 saturated heterocycles. The number of hydroxylamine groups is 1. The van der Waals surface area contributed by atoms with E-state index in [1.54, 1.807) is 7.11 Å². The summed E-state index contributed by atoms with van der Waals surface area (Å²) in [6.07, 6.45) is 2.67. The SMILES string of the molecule is COCC1=CCN(C(=O)NOCC(=O)O)CC1. The second-order valence-electron chi connectivity index (χ2n) is 3.58. The van der Waals surface area contributed by atoms with E-state index in [1.807, 2.05) is 6.08 Å². The van der Waals surface area contributed by atoms with Gasteiger partial charge in [-0.15, -0.1) is 0 Å². The van der Waals surface area contributed by atoms with E-state index in [0.29, 0.717) is 19.7 Å². The van der Waals surface area contributed by atoms with Gasteiger partial charge in [0.05, 0.1) is 6.61 Å². The summed E-state index contributed by atoms with van der Waals surface area (Å²) in [6, 6.07) is -0.432. The molecular weight excluding hydrogens is 228 g/mol. The normalized spacial score (nSPS) is 15.4. The van der Waals surface area contributed by atoms with E-state index in [1.165, 1.54) is 4.90 Å². The number of amides is 2. The third-order valence-electron chi connectivity index (χ3n) is 2.28. The Morgan fingerprint density at radius 2 is 2.35 bits per heavy atom. The van der Waals surface area contributed by atoms with Crippen molar-refractivity contribution >= 4 is 12.0 Å². The number of carboxylic acids is 1. The minimum absolute atomic E-state index is 0.432. The summed E-state index contributed by atoms with van der Waals surface area (Å²) in [5, 5.41) is 8.32. The highest BCUT2D eigenvalue weighted by molar-refractivity contribution is 5.74. The fourth-order valence-electron chi connectivity index (χ4n) is 1.44. The molecule has 0 spiro atoms. The molecule has 0 atom stereocenters. The standard InChI is InChI=1S/C10H16N2O5/c1-16-6-8-2-4-12(5-3-8)10(15)11-17-7-9(13)14/h2H,3-7H2,1H3,(H,11,15)(H,13,14). The Hall–Kier alpha value is -1.60. The number of nitrogens with zero attached hydrogens (tertiary/aromatic N) is 1. The number of carbonyl (C=O) groups is 2. The number of carboxylic acid groups (broad SMARTS) is 1. The molecule has 0 saturated carbocycles. The molecule has 0 aromatic carbocycles. The molecule has 1 aliphatic rings. The third kappa shape index (κ3) is 4.83. The first-order valence-electron chi connectivity index (χ1n) is 5.19. The summed E-state index contributed by atoms with van der Waals surface area (Å²) >= 11 is 0. The van der Waals surface area contributed by atoms with Crippen LogP contribution in [0.1, 0.15) is 6.42 Å². The average Bonchev–Trinajstić information content (AvgIpc) is 2.30. The zero-order valence-corrected chi connectivity index (χ0v) is 9.64. The number of urea groups is 1. The molecule has 0 aromatic rings. The summed E-state index contributed by atoms with van der Waals surface area (Å²) < 4.78 is 4.99. The van der Waals surface area contributed by atoms with Crippen molar-refractivity contribution in [2.24, 2.45) is 0 Å². The average molecular weight is 244 g/mol. The van der Waals surface area contributed by atoms with Crippen molar-refractivity contribution in [2.75, 3.05) is 33.4 Å². The van der Waals surface area contributed by atoms with Crippen LogP contribution in [0, 0.1) is 0 Å². The summed E-state index contributed by atoms with van der Waals surface area (Å²) in [5.41, 5.74) is 3.23. The van der Waals surface area contributed by atoms with Crippen LogP contribution in [-0.2, 0) is 14.4 Å². The molecule has 2 amide bonds. The molecule has 17 heavy (non-hydrogen) atoms. The number of ether oxygens (including phenoxy) is 1. The lowest BCUT2D eigenvalue weighted by Gasteiger charge is -2.26. The number of hydrogen-bond donors (Lipinski definition) is 2. The number of hydrogen-bond acceptors (Lipinski definition) is 4. The van der Waals surface area contributed by atoms with Crippen LogP contribution in [0.4, 0.5) is 4.79 Å². The number of nitrogens with one attached hydrogen (secondary N) is 1. The lowest BCUT2D eigenvalue weighted by atomic mass is 10.1. The highest BCUT2D eigenvalue weighted by Gasteiger charge is 2.17. The topological polar surface area (TPSA) is 88.1 Å². The Morgan fingerprint density at radius 3 is 2.88 bits per heavy atom. The predicted molar refractivity (Wildman–Crippen MR) is 58.3 cm³/mol. The number of carbonyl (C=O) groups excluding carboxylic acids is 1. The van der Waals surface area contributed by atoms with E-state index in [-0.39, 0.29) is 0 Å². The molecule has 7 heteroatoms. The highest BCUT2D eigenvalue weighted by Crippen LogP contribution is 2.10. The Bertz CT molecular complexity index is 316. The van der Waals surface area contributed by atoms with Crippen LogP contribution in [0.2, 0.25) is 0 Å². The molecule has 0 aliphatic carbocycles. The van der Waals surface area contributed by atoms with Gasteiger partial charge in [0.1, 0.15) is 0 Å². The van der Waals surface area contributed by atoms with Gasteiger partial charge in [0.2, 0.25) is 0 Å². The van der Waals surface area contributed by atoms with Crippen LogP contribution in [0.15, 0.2) is 11.6 Å². The number of rotatable bonds is 5. The lowest BCUT2D eigenvalue weighted by molar-refractivity contribution is -0.144. The molecule has 2 N–H and O–H groups in total. The Labute approximate surface area is 98.9 Å². The summed E-state index contributed by atoms with van der Waals surface area (Å²) in [4.78, 5) is 27.7. The van der Waals surface area contributed by atoms with Gasteiger partial charge in [-0.3, -0.25) is 4.84 Å². The van der Waals surface area contributed by atoms with Crippen molar-refractivity contribution in [1.29, 1.82) is 0 Å². The Morgan fingerprint density at radius 1 is 1.59 bits per heavy atom. The first-order valence-corrected chi connectivity index (χ1v) is 5.19. The quantitative estimate of drug-likeness (QED) is 0.524. The zero-order valence-electron chi connectivity index (χ0n) is 9.64. The highest BCUT2D eigenvalue weighted by atomic mass is 16.7. The molecule has 1 rings (SSSR count). The fourth-order valence-corrected chi connectivity index (χ4v) is 1.44. The van der Waals surface area contributed by atoms with Gasteiger partial charge in [-0.2, -0.15) is 0 Å². The monoisotopic (exact) mass is 244 g/mol. The Kier molecular flexibility index (Phi) is 5.44. The molecule has 0 aromatic heterocycles. The second-order valence-corrected chi connectivity index (χ2v) is 3.58. The van der Waals surface area contributed by atoms with Gasteiger partial charge >= 0.3 is 12.0 Å². The maximum Gasteiger partial charge on any atom is 0.341 e. The van der Waals surface area contributed by atoms with Gasteiger partial charge in [-0.05, 0) is 12.0 Å². The van der Waals surface area contributed by atoms with Crippen molar-refractivity contribution in [3.63, 3.8) is 0 Å². The summed E-state index contributed by atoms with van der Waals surface area (Å²) in [5.74, 6) is -1.13. The zero-order chi connectivity index (χ0) is 12.7. The van der Waals surface area contributed by atoms with Crippen molar-refractivity contribution in [1.82, 2.24) is 10.4 Å². The summed E-state index contributed by atoms with van der Waals surface area (Å²) in [7, 11) is 1.62. The van der Waals surface area contributed by atoms with Gasteiger partial charge < -0.3 is 14.7 Å². The second kappa shape index (κ2) is 6.87. The van der Waals surface area contributed by atoms with Crippen molar-refractivity contribution in [3.05, 3.63) is 11.6 Å². The van der Waals surface area contributed by atoms with Gasteiger partial charge in [-0.1, -0.05) is 6.08 Å². The van der Waals surface area contributed by atoms with Crippen LogP contribution >= 0.6 is 0 Å². The number of aliphatic carboxylic acids is 1. The largest absolute Gasteiger partial charge is 0.479 e. The number of methoxy groups -OCH3 is 1.